The highest BCUT2D eigenvalue weighted by molar-refractivity contribution is 6.31. The van der Waals surface area contributed by atoms with Gasteiger partial charge in [-0.25, -0.2) is 4.68 Å². The van der Waals surface area contributed by atoms with Crippen LogP contribution in [-0.2, 0) is 4.79 Å². The highest BCUT2D eigenvalue weighted by Crippen LogP contribution is 2.20. The number of hydrogen-bond donors (Lipinski definition) is 1. The number of rotatable bonds is 5. The second kappa shape index (κ2) is 7.98. The zero-order chi connectivity index (χ0) is 20.4. The first-order valence-corrected chi connectivity index (χ1v) is 9.30. The maximum Gasteiger partial charge on any atom is 0.254 e. The predicted octanol–water partition coefficient (Wildman–Crippen LogP) is 3.68. The molecule has 8 heteroatoms. The van der Waals surface area contributed by atoms with Gasteiger partial charge in [-0.3, -0.25) is 9.59 Å². The van der Waals surface area contributed by atoms with Crippen molar-refractivity contribution in [1.82, 2.24) is 19.9 Å². The minimum atomic E-state index is -0.303. The van der Waals surface area contributed by atoms with Crippen LogP contribution in [0.3, 0.4) is 0 Å². The van der Waals surface area contributed by atoms with E-state index < -0.39 is 0 Å². The van der Waals surface area contributed by atoms with Gasteiger partial charge in [0.25, 0.3) is 5.91 Å². The molecule has 3 aromatic rings. The molecule has 0 saturated carbocycles. The van der Waals surface area contributed by atoms with Crippen molar-refractivity contribution in [2.45, 2.75) is 26.8 Å². The van der Waals surface area contributed by atoms with Gasteiger partial charge in [0.1, 0.15) is 5.52 Å². The summed E-state index contributed by atoms with van der Waals surface area (Å²) in [5.41, 5.74) is 3.48. The van der Waals surface area contributed by atoms with E-state index in [1.54, 1.807) is 36.0 Å². The molecule has 7 nitrogen and oxygen atoms in total. The summed E-state index contributed by atoms with van der Waals surface area (Å²) in [5.74, 6) is -0.569. The third kappa shape index (κ3) is 4.14. The Labute approximate surface area is 168 Å². The minimum absolute atomic E-state index is 0.0823. The topological polar surface area (TPSA) is 80.1 Å². The van der Waals surface area contributed by atoms with Crippen molar-refractivity contribution < 1.29 is 9.59 Å². The van der Waals surface area contributed by atoms with Crippen molar-refractivity contribution in [3.63, 3.8) is 0 Å². The van der Waals surface area contributed by atoms with E-state index in [9.17, 15) is 9.59 Å². The van der Waals surface area contributed by atoms with Gasteiger partial charge in [-0.2, -0.15) is 0 Å². The smallest absolute Gasteiger partial charge is 0.254 e. The standard InChI is InChI=1S/C20H22ClN5O2/c1-12(2)26-18-8-6-14(9-17(18)23-24-26)20(28)25(4)11-19(27)22-15-7-5-13(3)16(21)10-15/h5-10,12H,11H2,1-4H3,(H,22,27). The number of amides is 2. The number of hydrogen-bond acceptors (Lipinski definition) is 4. The van der Waals surface area contributed by atoms with E-state index in [2.05, 4.69) is 15.6 Å². The van der Waals surface area contributed by atoms with Crippen LogP contribution in [0.2, 0.25) is 5.02 Å². The molecule has 0 bridgehead atoms. The number of aromatic nitrogens is 3. The number of benzene rings is 2. The lowest BCUT2D eigenvalue weighted by atomic mass is 10.1. The van der Waals surface area contributed by atoms with E-state index in [0.717, 1.165) is 11.1 Å². The molecular weight excluding hydrogens is 378 g/mol. The second-order valence-electron chi connectivity index (χ2n) is 7.00. The Balaban J connectivity index is 1.69. The lowest BCUT2D eigenvalue weighted by molar-refractivity contribution is -0.116. The number of anilines is 1. The van der Waals surface area contributed by atoms with Crippen molar-refractivity contribution in [3.8, 4) is 0 Å². The van der Waals surface area contributed by atoms with Crippen LogP contribution in [0, 0.1) is 6.92 Å². The summed E-state index contributed by atoms with van der Waals surface area (Å²) in [7, 11) is 1.58. The van der Waals surface area contributed by atoms with Gasteiger partial charge >= 0.3 is 0 Å². The van der Waals surface area contributed by atoms with E-state index in [4.69, 9.17) is 11.6 Å². The Bertz CT molecular complexity index is 1040. The molecule has 0 aliphatic carbocycles. The third-order valence-corrected chi connectivity index (χ3v) is 4.80. The van der Waals surface area contributed by atoms with Crippen LogP contribution >= 0.6 is 11.6 Å². The van der Waals surface area contributed by atoms with Crippen molar-refractivity contribution in [2.24, 2.45) is 0 Å². The molecule has 0 spiro atoms. The average molecular weight is 400 g/mol. The van der Waals surface area contributed by atoms with E-state index in [0.29, 0.717) is 21.8 Å². The summed E-state index contributed by atoms with van der Waals surface area (Å²) in [5, 5.41) is 11.6. The number of nitrogens with zero attached hydrogens (tertiary/aromatic N) is 4. The molecule has 146 valence electrons. The first kappa shape index (κ1) is 19.8. The molecule has 0 aliphatic rings. The molecule has 0 saturated heterocycles. The molecular formula is C20H22ClN5O2. The number of carbonyl (C=O) groups excluding carboxylic acids is 2. The van der Waals surface area contributed by atoms with Gasteiger partial charge in [-0.15, -0.1) is 5.10 Å². The van der Waals surface area contributed by atoms with Gasteiger partial charge in [0.15, 0.2) is 0 Å². The zero-order valence-corrected chi connectivity index (χ0v) is 17.0. The molecule has 0 radical (unpaired) electrons. The van der Waals surface area contributed by atoms with E-state index in [1.165, 1.54) is 4.90 Å². The summed E-state index contributed by atoms with van der Waals surface area (Å²) >= 11 is 6.07. The van der Waals surface area contributed by atoms with Crippen molar-refractivity contribution in [3.05, 3.63) is 52.5 Å². The molecule has 0 aliphatic heterocycles. The number of halogens is 1. The maximum atomic E-state index is 12.7. The van der Waals surface area contributed by atoms with Crippen LogP contribution in [0.25, 0.3) is 11.0 Å². The van der Waals surface area contributed by atoms with Crippen LogP contribution < -0.4 is 5.32 Å². The number of nitrogens with one attached hydrogen (secondary N) is 1. The fourth-order valence-electron chi connectivity index (χ4n) is 2.84. The molecule has 0 unspecified atom stereocenters. The average Bonchev–Trinajstić information content (AvgIpc) is 3.07. The fraction of sp³-hybridized carbons (Fsp3) is 0.300. The highest BCUT2D eigenvalue weighted by atomic mass is 35.5. The predicted molar refractivity (Wildman–Crippen MR) is 110 cm³/mol. The lowest BCUT2D eigenvalue weighted by Crippen LogP contribution is -2.34. The number of aryl methyl sites for hydroxylation is 1. The summed E-state index contributed by atoms with van der Waals surface area (Å²) in [6, 6.07) is 10.7. The molecule has 1 N–H and O–H groups in total. The second-order valence-corrected chi connectivity index (χ2v) is 7.41. The number of carbonyl (C=O) groups is 2. The van der Waals surface area contributed by atoms with Crippen LogP contribution in [0.15, 0.2) is 36.4 Å². The van der Waals surface area contributed by atoms with Gasteiger partial charge in [0.2, 0.25) is 5.91 Å². The molecule has 2 aromatic carbocycles. The van der Waals surface area contributed by atoms with Gasteiger partial charge in [0, 0.05) is 29.4 Å². The highest BCUT2D eigenvalue weighted by Gasteiger charge is 2.17. The molecule has 0 fully saturated rings. The Kier molecular flexibility index (Phi) is 5.65. The summed E-state index contributed by atoms with van der Waals surface area (Å²) in [4.78, 5) is 26.3. The summed E-state index contributed by atoms with van der Waals surface area (Å²) < 4.78 is 1.80. The van der Waals surface area contributed by atoms with Crippen LogP contribution in [0.1, 0.15) is 35.8 Å². The zero-order valence-electron chi connectivity index (χ0n) is 16.2. The SMILES string of the molecule is Cc1ccc(NC(=O)CN(C)C(=O)c2ccc3c(c2)nnn3C(C)C)cc1Cl. The van der Waals surface area contributed by atoms with Crippen LogP contribution in [-0.4, -0.2) is 45.3 Å². The van der Waals surface area contributed by atoms with Crippen LogP contribution in [0.5, 0.6) is 0 Å². The minimum Gasteiger partial charge on any atom is -0.332 e. The Morgan fingerprint density at radius 2 is 1.96 bits per heavy atom. The van der Waals surface area contributed by atoms with Gasteiger partial charge in [-0.1, -0.05) is 22.9 Å². The van der Waals surface area contributed by atoms with E-state index >= 15 is 0 Å². The largest absolute Gasteiger partial charge is 0.332 e. The lowest BCUT2D eigenvalue weighted by Gasteiger charge is -2.17. The van der Waals surface area contributed by atoms with Crippen molar-refractivity contribution in [1.29, 1.82) is 0 Å². The first-order valence-electron chi connectivity index (χ1n) is 8.92. The third-order valence-electron chi connectivity index (χ3n) is 4.39. The Hall–Kier alpha value is -2.93. The van der Waals surface area contributed by atoms with Gasteiger partial charge in [-0.05, 0) is 56.7 Å². The molecule has 3 rings (SSSR count). The summed E-state index contributed by atoms with van der Waals surface area (Å²) in [6.45, 7) is 5.83. The van der Waals surface area contributed by atoms with Gasteiger partial charge < -0.3 is 10.2 Å². The van der Waals surface area contributed by atoms with Crippen LogP contribution in [0.4, 0.5) is 5.69 Å². The first-order chi connectivity index (χ1) is 13.3. The fourth-order valence-corrected chi connectivity index (χ4v) is 3.02. The summed E-state index contributed by atoms with van der Waals surface area (Å²) in [6.07, 6.45) is 0. The van der Waals surface area contributed by atoms with Crippen molar-refractivity contribution in [2.75, 3.05) is 18.9 Å². The normalized spacial score (nSPS) is 11.1. The maximum absolute atomic E-state index is 12.7. The molecule has 2 amide bonds. The van der Waals surface area contributed by atoms with Gasteiger partial charge in [0.05, 0.1) is 12.1 Å². The Morgan fingerprint density at radius 3 is 2.64 bits per heavy atom. The van der Waals surface area contributed by atoms with E-state index in [-0.39, 0.29) is 24.4 Å². The monoisotopic (exact) mass is 399 g/mol. The molecule has 28 heavy (non-hydrogen) atoms. The molecule has 1 heterocycles. The van der Waals surface area contributed by atoms with Crippen molar-refractivity contribution >= 4 is 40.1 Å². The van der Waals surface area contributed by atoms with E-state index in [1.807, 2.05) is 32.9 Å². The number of fused-ring (bicyclic) bond motifs is 1. The molecule has 0 atom stereocenters. The molecule has 1 aromatic heterocycles. The number of likely N-dealkylation sites (N-methyl/N-ethyl adjacent to an activating group) is 1. The quantitative estimate of drug-likeness (QED) is 0.709. The Morgan fingerprint density at radius 1 is 1.21 bits per heavy atom.